The van der Waals surface area contributed by atoms with Gasteiger partial charge in [0.1, 0.15) is 18.1 Å². The SMILES string of the molecule is COc1ccc2c(c1)=CC(c1ccccc1)(c1ccc(OCCN3CCOCC3)cc1)C=2. The van der Waals surface area contributed by atoms with Crippen LogP contribution in [0.5, 0.6) is 11.5 Å². The van der Waals surface area contributed by atoms with Crippen molar-refractivity contribution in [1.29, 1.82) is 0 Å². The van der Waals surface area contributed by atoms with E-state index >= 15 is 0 Å². The van der Waals surface area contributed by atoms with Crippen molar-refractivity contribution in [2.45, 2.75) is 5.41 Å². The van der Waals surface area contributed by atoms with Crippen LogP contribution in [0.1, 0.15) is 11.1 Å². The zero-order valence-electron chi connectivity index (χ0n) is 18.5. The van der Waals surface area contributed by atoms with Gasteiger partial charge in [-0.3, -0.25) is 4.90 Å². The number of nitrogens with zero attached hydrogens (tertiary/aromatic N) is 1. The summed E-state index contributed by atoms with van der Waals surface area (Å²) in [7, 11) is 1.71. The first-order valence-electron chi connectivity index (χ1n) is 11.3. The molecular formula is C28H29NO3. The van der Waals surface area contributed by atoms with E-state index in [0.717, 1.165) is 44.3 Å². The van der Waals surface area contributed by atoms with Crippen LogP contribution in [-0.4, -0.2) is 51.5 Å². The summed E-state index contributed by atoms with van der Waals surface area (Å²) >= 11 is 0. The highest BCUT2D eigenvalue weighted by atomic mass is 16.5. The summed E-state index contributed by atoms with van der Waals surface area (Å²) in [4.78, 5) is 2.39. The third-order valence-corrected chi connectivity index (χ3v) is 6.42. The van der Waals surface area contributed by atoms with Gasteiger partial charge in [-0.15, -0.1) is 0 Å². The van der Waals surface area contributed by atoms with Crippen molar-refractivity contribution in [1.82, 2.24) is 4.90 Å². The van der Waals surface area contributed by atoms with Gasteiger partial charge in [0.05, 0.1) is 25.7 Å². The van der Waals surface area contributed by atoms with Crippen LogP contribution in [0.4, 0.5) is 0 Å². The van der Waals surface area contributed by atoms with Gasteiger partial charge >= 0.3 is 0 Å². The number of fused-ring (bicyclic) bond motifs is 1. The van der Waals surface area contributed by atoms with Crippen LogP contribution in [0.3, 0.4) is 0 Å². The number of ether oxygens (including phenoxy) is 3. The fraction of sp³-hybridized carbons (Fsp3) is 0.286. The Labute approximate surface area is 189 Å². The highest BCUT2D eigenvalue weighted by Crippen LogP contribution is 2.38. The Balaban J connectivity index is 1.41. The lowest BCUT2D eigenvalue weighted by atomic mass is 9.75. The van der Waals surface area contributed by atoms with Crippen LogP contribution in [0.25, 0.3) is 12.2 Å². The Hall–Kier alpha value is -3.08. The Morgan fingerprint density at radius 2 is 1.50 bits per heavy atom. The van der Waals surface area contributed by atoms with Crippen molar-refractivity contribution in [3.05, 3.63) is 94.4 Å². The average Bonchev–Trinajstić information content (AvgIpc) is 3.25. The van der Waals surface area contributed by atoms with Crippen LogP contribution in [0.2, 0.25) is 0 Å². The van der Waals surface area contributed by atoms with Gasteiger partial charge in [0, 0.05) is 19.6 Å². The predicted octanol–water partition coefficient (Wildman–Crippen LogP) is 2.97. The van der Waals surface area contributed by atoms with E-state index in [4.69, 9.17) is 14.2 Å². The standard InChI is InChI=1S/C28H29NO3/c1-30-27-10-7-22-20-28(21-23(22)19-27,24-5-3-2-4-6-24)25-8-11-26(12-9-25)32-18-15-29-13-16-31-17-14-29/h2-12,19-21H,13-18H2,1H3. The highest BCUT2D eigenvalue weighted by molar-refractivity contribution is 5.74. The Kier molecular flexibility index (Phi) is 5.97. The lowest BCUT2D eigenvalue weighted by Gasteiger charge is -2.27. The molecule has 1 aliphatic carbocycles. The molecule has 0 amide bonds. The van der Waals surface area contributed by atoms with Gasteiger partial charge in [-0.1, -0.05) is 60.7 Å². The number of hydrogen-bond acceptors (Lipinski definition) is 4. The molecule has 4 heteroatoms. The first kappa shape index (κ1) is 20.8. The molecule has 0 bridgehead atoms. The van der Waals surface area contributed by atoms with Crippen molar-refractivity contribution in [2.75, 3.05) is 46.6 Å². The zero-order valence-corrected chi connectivity index (χ0v) is 18.5. The van der Waals surface area contributed by atoms with Crippen molar-refractivity contribution in [3.63, 3.8) is 0 Å². The maximum Gasteiger partial charge on any atom is 0.119 e. The average molecular weight is 428 g/mol. The quantitative estimate of drug-likeness (QED) is 0.580. The van der Waals surface area contributed by atoms with Gasteiger partial charge in [-0.05, 0) is 45.8 Å². The summed E-state index contributed by atoms with van der Waals surface area (Å²) < 4.78 is 16.9. The van der Waals surface area contributed by atoms with E-state index in [-0.39, 0.29) is 5.41 Å². The van der Waals surface area contributed by atoms with Crippen molar-refractivity contribution in [3.8, 4) is 11.5 Å². The van der Waals surface area contributed by atoms with Crippen LogP contribution in [-0.2, 0) is 10.2 Å². The second kappa shape index (κ2) is 9.19. The summed E-state index contributed by atoms with van der Waals surface area (Å²) in [5.41, 5.74) is 2.15. The largest absolute Gasteiger partial charge is 0.497 e. The Bertz CT molecular complexity index is 1170. The molecule has 3 aromatic rings. The van der Waals surface area contributed by atoms with E-state index in [1.807, 2.05) is 6.07 Å². The van der Waals surface area contributed by atoms with Gasteiger partial charge in [0.25, 0.3) is 0 Å². The minimum absolute atomic E-state index is 0.317. The fourth-order valence-corrected chi connectivity index (χ4v) is 4.63. The van der Waals surface area contributed by atoms with Gasteiger partial charge in [0.2, 0.25) is 0 Å². The molecule has 1 fully saturated rings. The highest BCUT2D eigenvalue weighted by Gasteiger charge is 2.32. The smallest absolute Gasteiger partial charge is 0.119 e. The molecule has 1 saturated heterocycles. The van der Waals surface area contributed by atoms with Crippen molar-refractivity contribution < 1.29 is 14.2 Å². The Morgan fingerprint density at radius 1 is 0.812 bits per heavy atom. The number of rotatable bonds is 7. The van der Waals surface area contributed by atoms with Gasteiger partial charge in [-0.2, -0.15) is 0 Å². The zero-order chi connectivity index (χ0) is 21.8. The summed E-state index contributed by atoms with van der Waals surface area (Å²) in [6.07, 6.45) is 4.69. The monoisotopic (exact) mass is 427 g/mol. The third-order valence-electron chi connectivity index (χ3n) is 6.42. The summed E-state index contributed by atoms with van der Waals surface area (Å²) in [5, 5.41) is 2.42. The van der Waals surface area contributed by atoms with Crippen LogP contribution < -0.4 is 19.9 Å². The molecule has 1 aliphatic heterocycles. The van der Waals surface area contributed by atoms with Gasteiger partial charge < -0.3 is 14.2 Å². The van der Waals surface area contributed by atoms with E-state index in [9.17, 15) is 0 Å². The van der Waals surface area contributed by atoms with Gasteiger partial charge in [-0.25, -0.2) is 0 Å². The van der Waals surface area contributed by atoms with Crippen LogP contribution in [0.15, 0.2) is 72.8 Å². The molecule has 5 rings (SSSR count). The summed E-state index contributed by atoms with van der Waals surface area (Å²) in [6, 6.07) is 25.5. The first-order valence-corrected chi connectivity index (χ1v) is 11.3. The van der Waals surface area contributed by atoms with Crippen LogP contribution >= 0.6 is 0 Å². The molecule has 0 radical (unpaired) electrons. The maximum absolute atomic E-state index is 6.04. The second-order valence-corrected chi connectivity index (χ2v) is 8.35. The maximum atomic E-state index is 6.04. The second-order valence-electron chi connectivity index (χ2n) is 8.35. The predicted molar refractivity (Wildman–Crippen MR) is 128 cm³/mol. The van der Waals surface area contributed by atoms with Crippen molar-refractivity contribution in [2.24, 2.45) is 0 Å². The lowest BCUT2D eigenvalue weighted by molar-refractivity contribution is 0.0322. The molecule has 0 aromatic heterocycles. The van der Waals surface area contributed by atoms with E-state index in [1.165, 1.54) is 21.6 Å². The minimum Gasteiger partial charge on any atom is -0.497 e. The van der Waals surface area contributed by atoms with Crippen LogP contribution in [0, 0.1) is 0 Å². The molecule has 0 saturated carbocycles. The molecule has 0 N–H and O–H groups in total. The molecule has 1 heterocycles. The topological polar surface area (TPSA) is 30.9 Å². The molecule has 2 aliphatic rings. The van der Waals surface area contributed by atoms with E-state index in [2.05, 4.69) is 83.8 Å². The fourth-order valence-electron chi connectivity index (χ4n) is 4.63. The number of morpholine rings is 1. The number of hydrogen-bond donors (Lipinski definition) is 0. The first-order chi connectivity index (χ1) is 15.8. The molecule has 0 spiro atoms. The number of methoxy groups -OCH3 is 1. The van der Waals surface area contributed by atoms with E-state index in [1.54, 1.807) is 7.11 Å². The molecular weight excluding hydrogens is 398 g/mol. The normalized spacial score (nSPS) is 20.2. The minimum atomic E-state index is -0.317. The Morgan fingerprint density at radius 3 is 2.25 bits per heavy atom. The molecule has 32 heavy (non-hydrogen) atoms. The summed E-state index contributed by atoms with van der Waals surface area (Å²) in [5.74, 6) is 1.78. The molecule has 164 valence electrons. The molecule has 1 unspecified atom stereocenters. The van der Waals surface area contributed by atoms with Gasteiger partial charge in [0.15, 0.2) is 0 Å². The molecule has 1 atom stereocenters. The third kappa shape index (κ3) is 4.16. The summed E-state index contributed by atoms with van der Waals surface area (Å²) in [6.45, 7) is 5.22. The van der Waals surface area contributed by atoms with E-state index in [0.29, 0.717) is 6.61 Å². The lowest BCUT2D eigenvalue weighted by Crippen LogP contribution is -2.38. The molecule has 3 aromatic carbocycles. The van der Waals surface area contributed by atoms with E-state index < -0.39 is 0 Å². The number of benzene rings is 3. The molecule has 4 nitrogen and oxygen atoms in total. The van der Waals surface area contributed by atoms with Crippen molar-refractivity contribution >= 4 is 12.2 Å².